The molecule has 0 saturated carbocycles. The lowest BCUT2D eigenvalue weighted by Gasteiger charge is -2.22. The van der Waals surface area contributed by atoms with E-state index in [0.29, 0.717) is 6.04 Å². The van der Waals surface area contributed by atoms with Crippen molar-refractivity contribution in [3.05, 3.63) is 19.2 Å². The smallest absolute Gasteiger partial charge is 0.0843 e. The van der Waals surface area contributed by atoms with E-state index in [9.17, 15) is 0 Å². The normalized spacial score (nSPS) is 13.2. The molecule has 4 heteroatoms. The van der Waals surface area contributed by atoms with Crippen molar-refractivity contribution in [2.75, 3.05) is 6.54 Å². The van der Waals surface area contributed by atoms with Gasteiger partial charge in [-0.2, -0.15) is 0 Å². The Morgan fingerprint density at radius 1 is 1.22 bits per heavy atom. The molecule has 0 spiro atoms. The average molecular weight is 397 g/mol. The summed E-state index contributed by atoms with van der Waals surface area (Å²) < 4.78 is 2.38. The predicted octanol–water partition coefficient (Wildman–Crippen LogP) is 6.14. The molecule has 0 bridgehead atoms. The Hall–Kier alpha value is 0.620. The van der Waals surface area contributed by atoms with Gasteiger partial charge < -0.3 is 5.32 Å². The van der Waals surface area contributed by atoms with Crippen LogP contribution in [0.5, 0.6) is 0 Å². The predicted molar refractivity (Wildman–Crippen MR) is 89.4 cm³/mol. The van der Waals surface area contributed by atoms with Gasteiger partial charge in [-0.3, -0.25) is 0 Å². The molecule has 1 nitrogen and oxygen atoms in total. The summed E-state index contributed by atoms with van der Waals surface area (Å²) in [6.07, 6.45) is 4.97. The molecule has 0 saturated heterocycles. The minimum absolute atomic E-state index is 0.502. The van der Waals surface area contributed by atoms with Crippen molar-refractivity contribution in [1.82, 2.24) is 5.32 Å². The summed E-state index contributed by atoms with van der Waals surface area (Å²) in [4.78, 5) is 1.44. The third-order valence-electron chi connectivity index (χ3n) is 3.37. The van der Waals surface area contributed by atoms with Crippen molar-refractivity contribution in [3.8, 4) is 0 Å². The summed E-state index contributed by atoms with van der Waals surface area (Å²) in [5, 5.41) is 3.69. The molecule has 0 aromatic carbocycles. The van der Waals surface area contributed by atoms with Gasteiger partial charge in [-0.15, -0.1) is 11.3 Å². The molecule has 18 heavy (non-hydrogen) atoms. The van der Waals surface area contributed by atoms with Gasteiger partial charge in [0.1, 0.15) is 0 Å². The van der Waals surface area contributed by atoms with Gasteiger partial charge in [0.25, 0.3) is 0 Å². The zero-order valence-electron chi connectivity index (χ0n) is 11.4. The Bertz CT molecular complexity index is 328. The third-order valence-corrected chi connectivity index (χ3v) is 6.74. The standard InChI is InChI=1S/C14H23Br2NS/c1-4-7-17-12(8-10(5-2)6-3)13-9-11(15)14(16)18-13/h9-10,12,17H,4-8H2,1-3H3. The molecule has 1 heterocycles. The SMILES string of the molecule is CCCNC(CC(CC)CC)c1cc(Br)c(Br)s1. The average Bonchev–Trinajstić information content (AvgIpc) is 2.70. The second-order valence-electron chi connectivity index (χ2n) is 4.70. The van der Waals surface area contributed by atoms with Gasteiger partial charge in [-0.05, 0) is 63.2 Å². The molecule has 1 rings (SSSR count). The summed E-state index contributed by atoms with van der Waals surface area (Å²) >= 11 is 9.03. The summed E-state index contributed by atoms with van der Waals surface area (Å²) in [6.45, 7) is 7.91. The number of rotatable bonds is 8. The quantitative estimate of drug-likeness (QED) is 0.556. The van der Waals surface area contributed by atoms with Gasteiger partial charge >= 0.3 is 0 Å². The topological polar surface area (TPSA) is 12.0 Å². The van der Waals surface area contributed by atoms with Crippen molar-refractivity contribution >= 4 is 43.2 Å². The number of halogens is 2. The van der Waals surface area contributed by atoms with Crippen LogP contribution in [-0.2, 0) is 0 Å². The largest absolute Gasteiger partial charge is 0.309 e. The first kappa shape index (κ1) is 16.7. The van der Waals surface area contributed by atoms with E-state index in [1.807, 2.05) is 11.3 Å². The van der Waals surface area contributed by atoms with Gasteiger partial charge in [0, 0.05) is 15.4 Å². The molecule has 1 N–H and O–H groups in total. The maximum Gasteiger partial charge on any atom is 0.0843 e. The molecule has 1 aromatic heterocycles. The zero-order valence-corrected chi connectivity index (χ0v) is 15.4. The lowest BCUT2D eigenvalue weighted by Crippen LogP contribution is -2.23. The van der Waals surface area contributed by atoms with Crippen molar-refractivity contribution in [2.24, 2.45) is 5.92 Å². The van der Waals surface area contributed by atoms with E-state index >= 15 is 0 Å². The van der Waals surface area contributed by atoms with Crippen LogP contribution in [0, 0.1) is 5.92 Å². The van der Waals surface area contributed by atoms with E-state index in [4.69, 9.17) is 0 Å². The van der Waals surface area contributed by atoms with Crippen molar-refractivity contribution < 1.29 is 0 Å². The zero-order chi connectivity index (χ0) is 13.5. The first-order valence-corrected chi connectivity index (χ1v) is 9.20. The van der Waals surface area contributed by atoms with E-state index in [1.54, 1.807) is 0 Å². The molecule has 1 unspecified atom stereocenters. The summed E-state index contributed by atoms with van der Waals surface area (Å²) in [5.74, 6) is 0.819. The van der Waals surface area contributed by atoms with Gasteiger partial charge in [-0.1, -0.05) is 33.6 Å². The highest BCUT2D eigenvalue weighted by Crippen LogP contribution is 2.37. The van der Waals surface area contributed by atoms with E-state index in [1.165, 1.54) is 38.8 Å². The second-order valence-corrected chi connectivity index (χ2v) is 7.95. The van der Waals surface area contributed by atoms with Crippen LogP contribution in [0.1, 0.15) is 57.4 Å². The molecule has 1 aromatic rings. The van der Waals surface area contributed by atoms with E-state index in [2.05, 4.69) is 64.0 Å². The molecule has 104 valence electrons. The Kier molecular flexibility index (Phi) is 8.08. The molecule has 0 aliphatic heterocycles. The van der Waals surface area contributed by atoms with Crippen LogP contribution in [0.25, 0.3) is 0 Å². The molecule has 0 aliphatic carbocycles. The van der Waals surface area contributed by atoms with Crippen molar-refractivity contribution in [1.29, 1.82) is 0 Å². The first-order chi connectivity index (χ1) is 8.62. The molecular formula is C14H23Br2NS. The monoisotopic (exact) mass is 395 g/mol. The minimum atomic E-state index is 0.502. The molecule has 0 fully saturated rings. The second kappa shape index (κ2) is 8.72. The summed E-state index contributed by atoms with van der Waals surface area (Å²) in [7, 11) is 0. The van der Waals surface area contributed by atoms with E-state index < -0.39 is 0 Å². The number of hydrogen-bond donors (Lipinski definition) is 1. The maximum absolute atomic E-state index is 3.69. The summed E-state index contributed by atoms with van der Waals surface area (Å²) in [5.41, 5.74) is 0. The number of hydrogen-bond acceptors (Lipinski definition) is 2. The lowest BCUT2D eigenvalue weighted by atomic mass is 9.94. The van der Waals surface area contributed by atoms with Gasteiger partial charge in [-0.25, -0.2) is 0 Å². The van der Waals surface area contributed by atoms with E-state index in [0.717, 1.165) is 12.5 Å². The van der Waals surface area contributed by atoms with Gasteiger partial charge in [0.15, 0.2) is 0 Å². The van der Waals surface area contributed by atoms with E-state index in [-0.39, 0.29) is 0 Å². The molecule has 1 atom stereocenters. The highest BCUT2D eigenvalue weighted by molar-refractivity contribution is 9.13. The Morgan fingerprint density at radius 2 is 1.89 bits per heavy atom. The lowest BCUT2D eigenvalue weighted by molar-refractivity contribution is 0.374. The van der Waals surface area contributed by atoms with Crippen LogP contribution >= 0.6 is 43.2 Å². The fourth-order valence-electron chi connectivity index (χ4n) is 2.11. The van der Waals surface area contributed by atoms with Crippen molar-refractivity contribution in [2.45, 2.75) is 52.5 Å². The Morgan fingerprint density at radius 3 is 2.33 bits per heavy atom. The first-order valence-electron chi connectivity index (χ1n) is 6.80. The fraction of sp³-hybridized carbons (Fsp3) is 0.714. The van der Waals surface area contributed by atoms with Crippen LogP contribution in [0.3, 0.4) is 0 Å². The number of nitrogens with one attached hydrogen (secondary N) is 1. The number of thiophene rings is 1. The van der Waals surface area contributed by atoms with Crippen molar-refractivity contribution in [3.63, 3.8) is 0 Å². The van der Waals surface area contributed by atoms with Crippen LogP contribution in [0.15, 0.2) is 14.3 Å². The van der Waals surface area contributed by atoms with Gasteiger partial charge in [0.05, 0.1) is 3.79 Å². The molecule has 0 amide bonds. The van der Waals surface area contributed by atoms with Crippen LogP contribution in [0.2, 0.25) is 0 Å². The van der Waals surface area contributed by atoms with Crippen LogP contribution in [0.4, 0.5) is 0 Å². The van der Waals surface area contributed by atoms with Gasteiger partial charge in [0.2, 0.25) is 0 Å². The fourth-order valence-corrected chi connectivity index (χ4v) is 4.29. The summed E-state index contributed by atoms with van der Waals surface area (Å²) in [6, 6.07) is 2.76. The highest BCUT2D eigenvalue weighted by atomic mass is 79.9. The van der Waals surface area contributed by atoms with Crippen LogP contribution in [-0.4, -0.2) is 6.54 Å². The Balaban J connectivity index is 2.76. The minimum Gasteiger partial charge on any atom is -0.309 e. The maximum atomic E-state index is 3.69. The molecular weight excluding hydrogens is 374 g/mol. The van der Waals surface area contributed by atoms with Crippen LogP contribution < -0.4 is 5.32 Å². The third kappa shape index (κ3) is 4.95. The molecule has 0 radical (unpaired) electrons. The Labute approximate surface area is 132 Å². The highest BCUT2D eigenvalue weighted by Gasteiger charge is 2.18. The molecule has 0 aliphatic rings.